The van der Waals surface area contributed by atoms with Gasteiger partial charge in [-0.2, -0.15) is 0 Å². The van der Waals surface area contributed by atoms with E-state index in [2.05, 4.69) is 4.36 Å². The third-order valence-corrected chi connectivity index (χ3v) is 5.48. The first kappa shape index (κ1) is 20.1. The van der Waals surface area contributed by atoms with Crippen molar-refractivity contribution in [2.75, 3.05) is 33.4 Å². The molecule has 0 aromatic rings. The summed E-state index contributed by atoms with van der Waals surface area (Å²) in [5.74, 6) is -0.781. The van der Waals surface area contributed by atoms with Gasteiger partial charge in [0.2, 0.25) is 0 Å². The van der Waals surface area contributed by atoms with Crippen molar-refractivity contribution in [1.29, 1.82) is 0 Å². The van der Waals surface area contributed by atoms with Gasteiger partial charge in [-0.05, 0) is 40.2 Å². The van der Waals surface area contributed by atoms with E-state index in [0.29, 0.717) is 13.0 Å². The molecule has 8 heteroatoms. The van der Waals surface area contributed by atoms with Gasteiger partial charge in [0, 0.05) is 20.4 Å². The molecule has 23 heavy (non-hydrogen) atoms. The highest BCUT2D eigenvalue weighted by molar-refractivity contribution is 7.90. The van der Waals surface area contributed by atoms with Gasteiger partial charge in [-0.15, -0.1) is 4.36 Å². The lowest BCUT2D eigenvalue weighted by atomic mass is 10.0. The summed E-state index contributed by atoms with van der Waals surface area (Å²) in [4.78, 5) is 26.2. The Labute approximate surface area is 139 Å². The van der Waals surface area contributed by atoms with Crippen molar-refractivity contribution in [3.63, 3.8) is 0 Å². The van der Waals surface area contributed by atoms with Gasteiger partial charge in [-0.3, -0.25) is 14.5 Å². The van der Waals surface area contributed by atoms with Crippen molar-refractivity contribution in [3.8, 4) is 0 Å². The van der Waals surface area contributed by atoms with Crippen LogP contribution in [0.4, 0.5) is 0 Å². The second kappa shape index (κ2) is 7.72. The van der Waals surface area contributed by atoms with Crippen LogP contribution in [0, 0.1) is 0 Å². The summed E-state index contributed by atoms with van der Waals surface area (Å²) in [6.45, 7) is 6.09. The summed E-state index contributed by atoms with van der Waals surface area (Å²) in [5, 5.41) is 0. The van der Waals surface area contributed by atoms with E-state index in [-0.39, 0.29) is 12.5 Å². The highest BCUT2D eigenvalue weighted by Gasteiger charge is 2.33. The number of piperidine rings is 1. The van der Waals surface area contributed by atoms with Gasteiger partial charge in [-0.25, -0.2) is 8.51 Å². The molecule has 1 saturated heterocycles. The molecule has 2 atom stereocenters. The van der Waals surface area contributed by atoms with Crippen LogP contribution in [0.5, 0.6) is 0 Å². The zero-order valence-corrected chi connectivity index (χ0v) is 15.8. The molecule has 0 aromatic carbocycles. The lowest BCUT2D eigenvalue weighted by molar-refractivity contribution is -0.162. The Bertz CT molecular complexity index is 560. The van der Waals surface area contributed by atoms with E-state index in [0.717, 1.165) is 12.8 Å². The minimum absolute atomic E-state index is 0.0113. The molecule has 1 amide bonds. The molecule has 1 aliphatic heterocycles. The summed E-state index contributed by atoms with van der Waals surface area (Å²) in [6, 6.07) is -0.436. The maximum Gasteiger partial charge on any atom is 0.323 e. The number of carbonyl (C=O) groups is 2. The zero-order valence-electron chi connectivity index (χ0n) is 15.0. The monoisotopic (exact) mass is 347 g/mol. The average Bonchev–Trinajstić information content (AvgIpc) is 2.36. The molecule has 2 unspecified atom stereocenters. The number of amides is 1. The summed E-state index contributed by atoms with van der Waals surface area (Å²) in [6.07, 6.45) is 3.93. The molecule has 1 heterocycles. The molecule has 0 radical (unpaired) electrons. The second-order valence-electron chi connectivity index (χ2n) is 7.08. The fourth-order valence-electron chi connectivity index (χ4n) is 2.29. The van der Waals surface area contributed by atoms with E-state index in [1.807, 2.05) is 20.8 Å². The summed E-state index contributed by atoms with van der Waals surface area (Å²) in [5.41, 5.74) is -0.558. The Balaban J connectivity index is 2.82. The van der Waals surface area contributed by atoms with Crippen molar-refractivity contribution >= 4 is 21.8 Å². The molecule has 7 nitrogen and oxygen atoms in total. The summed E-state index contributed by atoms with van der Waals surface area (Å²) < 4.78 is 22.8. The quantitative estimate of drug-likeness (QED) is 0.716. The number of carbonyl (C=O) groups excluding carboxylic acids is 2. The predicted molar refractivity (Wildman–Crippen MR) is 90.2 cm³/mol. The number of rotatable bonds is 4. The average molecular weight is 347 g/mol. The Morgan fingerprint density at radius 3 is 2.43 bits per heavy atom. The van der Waals surface area contributed by atoms with Gasteiger partial charge in [0.1, 0.15) is 21.6 Å². The SMILES string of the molecule is CN(C)S(C)(=O)=NC(=O)CN1CCCCC1C(=O)OC(C)(C)C. The number of nitrogens with zero attached hydrogens (tertiary/aromatic N) is 3. The maximum atomic E-state index is 12.3. The van der Waals surface area contributed by atoms with Crippen LogP contribution in [-0.2, 0) is 24.2 Å². The molecule has 0 aliphatic carbocycles. The number of likely N-dealkylation sites (tertiary alicyclic amines) is 1. The Kier molecular flexibility index (Phi) is 6.73. The van der Waals surface area contributed by atoms with Crippen LogP contribution in [0.25, 0.3) is 0 Å². The predicted octanol–water partition coefficient (Wildman–Crippen LogP) is 1.28. The summed E-state index contributed by atoms with van der Waals surface area (Å²) >= 11 is 0. The third kappa shape index (κ3) is 6.56. The molecule has 0 spiro atoms. The van der Waals surface area contributed by atoms with E-state index in [4.69, 9.17) is 4.74 Å². The molecule has 1 fully saturated rings. The van der Waals surface area contributed by atoms with Crippen LogP contribution in [0.1, 0.15) is 40.0 Å². The van der Waals surface area contributed by atoms with Gasteiger partial charge in [0.05, 0.1) is 6.54 Å². The molecular formula is C15H29N3O4S. The summed E-state index contributed by atoms with van der Waals surface area (Å²) in [7, 11) is 0.530. The van der Waals surface area contributed by atoms with E-state index >= 15 is 0 Å². The Morgan fingerprint density at radius 1 is 1.30 bits per heavy atom. The highest BCUT2D eigenvalue weighted by Crippen LogP contribution is 2.20. The molecule has 1 rings (SSSR count). The first-order valence-electron chi connectivity index (χ1n) is 7.82. The lowest BCUT2D eigenvalue weighted by Gasteiger charge is -2.34. The lowest BCUT2D eigenvalue weighted by Crippen LogP contribution is -2.49. The van der Waals surface area contributed by atoms with Gasteiger partial charge in [0.15, 0.2) is 0 Å². The first-order valence-corrected chi connectivity index (χ1v) is 9.70. The maximum absolute atomic E-state index is 12.3. The van der Waals surface area contributed by atoms with Gasteiger partial charge in [0.25, 0.3) is 5.91 Å². The fourth-order valence-corrected chi connectivity index (χ4v) is 2.89. The van der Waals surface area contributed by atoms with Gasteiger partial charge in [-0.1, -0.05) is 6.42 Å². The third-order valence-electron chi connectivity index (χ3n) is 3.58. The van der Waals surface area contributed by atoms with Crippen molar-refractivity contribution < 1.29 is 18.5 Å². The van der Waals surface area contributed by atoms with Crippen molar-refractivity contribution in [1.82, 2.24) is 9.21 Å². The van der Waals surface area contributed by atoms with E-state index < -0.39 is 27.5 Å². The number of hydrogen-bond acceptors (Lipinski definition) is 5. The van der Waals surface area contributed by atoms with Crippen molar-refractivity contribution in [2.24, 2.45) is 4.36 Å². The molecular weight excluding hydrogens is 318 g/mol. The smallest absolute Gasteiger partial charge is 0.323 e. The van der Waals surface area contributed by atoms with Crippen LogP contribution in [0.3, 0.4) is 0 Å². The van der Waals surface area contributed by atoms with Crippen LogP contribution in [0.2, 0.25) is 0 Å². The second-order valence-corrected chi connectivity index (χ2v) is 9.51. The Morgan fingerprint density at radius 2 is 1.91 bits per heavy atom. The van der Waals surface area contributed by atoms with Crippen LogP contribution in [-0.4, -0.2) is 70.4 Å². The number of ether oxygens (including phenoxy) is 1. The van der Waals surface area contributed by atoms with E-state index in [1.54, 1.807) is 19.0 Å². The molecule has 0 bridgehead atoms. The Hall–Kier alpha value is -0.990. The normalized spacial score (nSPS) is 22.5. The fraction of sp³-hybridized carbons (Fsp3) is 0.867. The molecule has 134 valence electrons. The zero-order chi connectivity index (χ0) is 17.8. The van der Waals surface area contributed by atoms with Crippen LogP contribution in [0.15, 0.2) is 4.36 Å². The molecule has 1 aliphatic rings. The largest absolute Gasteiger partial charge is 0.459 e. The van der Waals surface area contributed by atoms with E-state index in [9.17, 15) is 13.8 Å². The standard InChI is InChI=1S/C15H29N3O4S/c1-15(2,3)22-14(20)12-9-7-8-10-18(12)11-13(19)16-23(6,21)17(4)5/h12H,7-11H2,1-6H3. The van der Waals surface area contributed by atoms with Gasteiger partial charge < -0.3 is 4.74 Å². The first-order chi connectivity index (χ1) is 10.4. The minimum Gasteiger partial charge on any atom is -0.459 e. The highest BCUT2D eigenvalue weighted by atomic mass is 32.2. The number of hydrogen-bond donors (Lipinski definition) is 0. The van der Waals surface area contributed by atoms with E-state index in [1.165, 1.54) is 10.6 Å². The van der Waals surface area contributed by atoms with Crippen LogP contribution < -0.4 is 0 Å². The topological polar surface area (TPSA) is 79.3 Å². The van der Waals surface area contributed by atoms with Gasteiger partial charge >= 0.3 is 5.97 Å². The molecule has 0 aromatic heterocycles. The minimum atomic E-state index is -2.70. The molecule has 0 N–H and O–H groups in total. The van der Waals surface area contributed by atoms with Crippen LogP contribution >= 0.6 is 0 Å². The van der Waals surface area contributed by atoms with Crippen molar-refractivity contribution in [2.45, 2.75) is 51.7 Å². The number of esters is 1. The molecule has 0 saturated carbocycles. The van der Waals surface area contributed by atoms with Crippen molar-refractivity contribution in [3.05, 3.63) is 0 Å².